The van der Waals surface area contributed by atoms with Crippen LogP contribution >= 0.6 is 0 Å². The van der Waals surface area contributed by atoms with Crippen LogP contribution in [0, 0.1) is 34.5 Å². The van der Waals surface area contributed by atoms with Crippen molar-refractivity contribution in [2.75, 3.05) is 7.11 Å². The Hall–Kier alpha value is -1.58. The first-order chi connectivity index (χ1) is 13.7. The first-order valence-corrected chi connectivity index (χ1v) is 11.4. The Morgan fingerprint density at radius 3 is 2.52 bits per heavy atom. The number of carbonyl (C=O) groups is 2. The van der Waals surface area contributed by atoms with E-state index in [0.717, 1.165) is 25.7 Å². The van der Waals surface area contributed by atoms with E-state index < -0.39 is 0 Å². The van der Waals surface area contributed by atoms with Gasteiger partial charge in [-0.05, 0) is 67.1 Å². The monoisotopic (exact) mass is 400 g/mol. The summed E-state index contributed by atoms with van der Waals surface area (Å²) in [5.74, 6) is 1.30. The third-order valence-electron chi connectivity index (χ3n) is 9.11. The molecule has 3 saturated carbocycles. The average Bonchev–Trinajstić information content (AvgIpc) is 3.03. The number of carbonyl (C=O) groups excluding carboxylic acids is 2. The van der Waals surface area contributed by atoms with E-state index in [9.17, 15) is 9.59 Å². The zero-order valence-electron chi connectivity index (χ0n) is 18.6. The van der Waals surface area contributed by atoms with E-state index in [1.807, 2.05) is 0 Å². The smallest absolute Gasteiger partial charge is 0.308 e. The molecule has 0 aromatic carbocycles. The standard InChI is InChI=1S/C25H36O4/c1-15(23(27)28-5)20-8-9-21-19-7-6-17-14-18(29-16(2)26)10-12-24(17,3)22(19)11-13-25(20,21)4/h6-7,15,18,20-22H,8-14H2,1-5H3/t15-,18-,20?,21?,22?,24-,25+/m0/s1. The Labute approximate surface area is 175 Å². The highest BCUT2D eigenvalue weighted by atomic mass is 16.5. The fourth-order valence-corrected chi connectivity index (χ4v) is 7.52. The van der Waals surface area contributed by atoms with Crippen LogP contribution in [0.5, 0.6) is 0 Å². The van der Waals surface area contributed by atoms with Gasteiger partial charge in [0.15, 0.2) is 0 Å². The molecule has 0 aromatic rings. The Morgan fingerprint density at radius 2 is 1.83 bits per heavy atom. The fourth-order valence-electron chi connectivity index (χ4n) is 7.52. The molecule has 4 heteroatoms. The molecule has 0 radical (unpaired) electrons. The van der Waals surface area contributed by atoms with E-state index in [0.29, 0.717) is 17.8 Å². The van der Waals surface area contributed by atoms with Crippen LogP contribution in [0.1, 0.15) is 72.6 Å². The molecule has 160 valence electrons. The van der Waals surface area contributed by atoms with Gasteiger partial charge in [0.05, 0.1) is 13.0 Å². The third kappa shape index (κ3) is 3.18. The molecule has 4 rings (SSSR count). The average molecular weight is 401 g/mol. The number of fused-ring (bicyclic) bond motifs is 5. The second-order valence-electron chi connectivity index (χ2n) is 10.4. The van der Waals surface area contributed by atoms with Crippen molar-refractivity contribution in [1.29, 1.82) is 0 Å². The summed E-state index contributed by atoms with van der Waals surface area (Å²) in [4.78, 5) is 23.7. The van der Waals surface area contributed by atoms with Gasteiger partial charge >= 0.3 is 11.9 Å². The number of esters is 2. The van der Waals surface area contributed by atoms with Crippen molar-refractivity contribution < 1.29 is 19.1 Å². The number of rotatable bonds is 3. The lowest BCUT2D eigenvalue weighted by Crippen LogP contribution is -2.47. The zero-order valence-corrected chi connectivity index (χ0v) is 18.6. The highest BCUT2D eigenvalue weighted by Gasteiger charge is 2.57. The molecular weight excluding hydrogens is 364 g/mol. The summed E-state index contributed by atoms with van der Waals surface area (Å²) in [6.07, 6.45) is 12.4. The van der Waals surface area contributed by atoms with Crippen molar-refractivity contribution >= 4 is 11.9 Å². The molecule has 0 saturated heterocycles. The van der Waals surface area contributed by atoms with Gasteiger partial charge in [-0.25, -0.2) is 0 Å². The van der Waals surface area contributed by atoms with Crippen LogP contribution in [-0.4, -0.2) is 25.2 Å². The summed E-state index contributed by atoms with van der Waals surface area (Å²) in [6.45, 7) is 8.42. The number of methoxy groups -OCH3 is 1. The van der Waals surface area contributed by atoms with Crippen LogP contribution in [0.2, 0.25) is 0 Å². The Bertz CT molecular complexity index is 765. The van der Waals surface area contributed by atoms with Crippen LogP contribution in [0.4, 0.5) is 0 Å². The predicted molar refractivity (Wildman–Crippen MR) is 112 cm³/mol. The van der Waals surface area contributed by atoms with E-state index in [-0.39, 0.29) is 34.8 Å². The van der Waals surface area contributed by atoms with Gasteiger partial charge in [0.1, 0.15) is 6.10 Å². The molecule has 0 spiro atoms. The quantitative estimate of drug-likeness (QED) is 0.609. The van der Waals surface area contributed by atoms with Gasteiger partial charge in [0.2, 0.25) is 0 Å². The third-order valence-corrected chi connectivity index (χ3v) is 9.11. The molecule has 3 fully saturated rings. The lowest BCUT2D eigenvalue weighted by atomic mass is 9.50. The normalized spacial score (nSPS) is 41.8. The summed E-state index contributed by atoms with van der Waals surface area (Å²) in [5, 5.41) is 0. The van der Waals surface area contributed by atoms with Crippen molar-refractivity contribution in [2.45, 2.75) is 78.7 Å². The molecule has 0 amide bonds. The van der Waals surface area contributed by atoms with Crippen LogP contribution in [0.15, 0.2) is 23.3 Å². The van der Waals surface area contributed by atoms with Crippen molar-refractivity contribution in [2.24, 2.45) is 34.5 Å². The summed E-state index contributed by atoms with van der Waals surface area (Å²) < 4.78 is 10.6. The molecule has 4 aliphatic rings. The van der Waals surface area contributed by atoms with E-state index in [2.05, 4.69) is 32.9 Å². The second kappa shape index (κ2) is 7.28. The van der Waals surface area contributed by atoms with Crippen molar-refractivity contribution in [1.82, 2.24) is 0 Å². The molecule has 0 heterocycles. The number of hydrogen-bond donors (Lipinski definition) is 0. The SMILES string of the molecule is COC(=O)[C@@H](C)C1CCC2C3=CC=C4C[C@@H](OC(C)=O)CC[C@]4(C)C3CC[C@@]21C. The molecule has 4 nitrogen and oxygen atoms in total. The molecule has 0 N–H and O–H groups in total. The summed E-state index contributed by atoms with van der Waals surface area (Å²) in [6, 6.07) is 0. The molecule has 3 unspecified atom stereocenters. The van der Waals surface area contributed by atoms with Gasteiger partial charge in [0.25, 0.3) is 0 Å². The highest BCUT2D eigenvalue weighted by molar-refractivity contribution is 5.72. The molecule has 4 aliphatic carbocycles. The minimum Gasteiger partial charge on any atom is -0.469 e. The van der Waals surface area contributed by atoms with E-state index >= 15 is 0 Å². The van der Waals surface area contributed by atoms with Gasteiger partial charge in [-0.2, -0.15) is 0 Å². The number of allylic oxidation sites excluding steroid dienone is 3. The Morgan fingerprint density at radius 1 is 1.07 bits per heavy atom. The molecule has 7 atom stereocenters. The Balaban J connectivity index is 1.60. The minimum atomic E-state index is -0.170. The summed E-state index contributed by atoms with van der Waals surface area (Å²) >= 11 is 0. The first-order valence-electron chi connectivity index (χ1n) is 11.4. The van der Waals surface area contributed by atoms with Gasteiger partial charge in [0, 0.05) is 13.3 Å². The van der Waals surface area contributed by atoms with Gasteiger partial charge in [-0.1, -0.05) is 44.1 Å². The molecule has 0 bridgehead atoms. The van der Waals surface area contributed by atoms with Gasteiger partial charge < -0.3 is 9.47 Å². The Kier molecular flexibility index (Phi) is 5.19. The minimum absolute atomic E-state index is 0.0309. The van der Waals surface area contributed by atoms with E-state index in [1.165, 1.54) is 38.9 Å². The van der Waals surface area contributed by atoms with Crippen molar-refractivity contribution in [3.63, 3.8) is 0 Å². The van der Waals surface area contributed by atoms with E-state index in [1.54, 1.807) is 5.57 Å². The van der Waals surface area contributed by atoms with Crippen LogP contribution < -0.4 is 0 Å². The van der Waals surface area contributed by atoms with E-state index in [4.69, 9.17) is 9.47 Å². The second-order valence-corrected chi connectivity index (χ2v) is 10.4. The number of ether oxygens (including phenoxy) is 2. The largest absolute Gasteiger partial charge is 0.469 e. The molecule has 29 heavy (non-hydrogen) atoms. The fraction of sp³-hybridized carbons (Fsp3) is 0.760. The number of hydrogen-bond acceptors (Lipinski definition) is 4. The van der Waals surface area contributed by atoms with Crippen molar-refractivity contribution in [3.8, 4) is 0 Å². The zero-order chi connectivity index (χ0) is 21.0. The molecule has 0 aliphatic heterocycles. The van der Waals surface area contributed by atoms with Crippen LogP contribution in [0.25, 0.3) is 0 Å². The topological polar surface area (TPSA) is 52.6 Å². The molecular formula is C25H36O4. The maximum absolute atomic E-state index is 12.3. The van der Waals surface area contributed by atoms with Gasteiger partial charge in [-0.15, -0.1) is 0 Å². The lowest BCUT2D eigenvalue weighted by molar-refractivity contribution is -0.148. The molecule has 0 aromatic heterocycles. The van der Waals surface area contributed by atoms with Crippen LogP contribution in [0.3, 0.4) is 0 Å². The van der Waals surface area contributed by atoms with Crippen molar-refractivity contribution in [3.05, 3.63) is 23.3 Å². The summed E-state index contributed by atoms with van der Waals surface area (Å²) in [7, 11) is 1.51. The van der Waals surface area contributed by atoms with Gasteiger partial charge in [-0.3, -0.25) is 9.59 Å². The maximum atomic E-state index is 12.3. The van der Waals surface area contributed by atoms with Crippen LogP contribution in [-0.2, 0) is 19.1 Å². The predicted octanol–water partition coefficient (Wildman–Crippen LogP) is 5.23. The highest BCUT2D eigenvalue weighted by Crippen LogP contribution is 2.66. The maximum Gasteiger partial charge on any atom is 0.308 e. The summed E-state index contributed by atoms with van der Waals surface area (Å²) in [5.41, 5.74) is 3.46. The lowest BCUT2D eigenvalue weighted by Gasteiger charge is -2.55. The first kappa shape index (κ1) is 20.7.